The van der Waals surface area contributed by atoms with Crippen LogP contribution in [-0.4, -0.2) is 17.5 Å². The first kappa shape index (κ1) is 18.3. The molecule has 1 aliphatic rings. The summed E-state index contributed by atoms with van der Waals surface area (Å²) >= 11 is 6.17. The lowest BCUT2D eigenvalue weighted by molar-refractivity contribution is 0.210. The molecule has 1 heterocycles. The Balaban J connectivity index is 1.94. The van der Waals surface area contributed by atoms with Gasteiger partial charge in [0.1, 0.15) is 0 Å². The Morgan fingerprint density at radius 1 is 1.31 bits per heavy atom. The van der Waals surface area contributed by atoms with Crippen molar-refractivity contribution in [1.82, 2.24) is 4.90 Å². The monoisotopic (exact) mass is 367 g/mol. The third kappa shape index (κ3) is 3.54. The molecule has 0 saturated carbocycles. The number of nitrogens with zero attached hydrogens (tertiary/aromatic N) is 2. The highest BCUT2D eigenvalue weighted by atomic mass is 35.5. The number of urea groups is 1. The van der Waals surface area contributed by atoms with Crippen LogP contribution in [0, 0.1) is 18.3 Å². The number of benzene rings is 2. The highest BCUT2D eigenvalue weighted by molar-refractivity contribution is 6.30. The summed E-state index contributed by atoms with van der Waals surface area (Å²) in [5.74, 6) is 0. The first-order valence-electron chi connectivity index (χ1n) is 8.71. The molecule has 0 saturated heterocycles. The predicted molar refractivity (Wildman–Crippen MR) is 104 cm³/mol. The van der Waals surface area contributed by atoms with Crippen molar-refractivity contribution >= 4 is 23.3 Å². The second-order valence-electron chi connectivity index (χ2n) is 7.07. The summed E-state index contributed by atoms with van der Waals surface area (Å²) < 4.78 is 0. The highest BCUT2D eigenvalue weighted by Crippen LogP contribution is 2.33. The van der Waals surface area contributed by atoms with Crippen LogP contribution in [0.2, 0.25) is 5.02 Å². The fraction of sp³-hybridized carbons (Fsp3) is 0.333. The molecule has 4 nitrogen and oxygen atoms in total. The van der Waals surface area contributed by atoms with Gasteiger partial charge in [-0.05, 0) is 67.6 Å². The van der Waals surface area contributed by atoms with Crippen molar-refractivity contribution in [1.29, 1.82) is 5.26 Å². The Kier molecular flexibility index (Phi) is 4.93. The maximum absolute atomic E-state index is 12.1. The molecule has 2 aromatic rings. The lowest BCUT2D eigenvalue weighted by atomic mass is 9.78. The summed E-state index contributed by atoms with van der Waals surface area (Å²) in [5, 5.41) is 13.5. The van der Waals surface area contributed by atoms with Gasteiger partial charge in [0, 0.05) is 23.8 Å². The normalized spacial score (nSPS) is 15.7. The van der Waals surface area contributed by atoms with E-state index in [0.29, 0.717) is 24.5 Å². The van der Waals surface area contributed by atoms with E-state index in [4.69, 9.17) is 11.6 Å². The summed E-state index contributed by atoms with van der Waals surface area (Å²) in [6.07, 6.45) is 0.554. The van der Waals surface area contributed by atoms with E-state index >= 15 is 0 Å². The zero-order valence-electron chi connectivity index (χ0n) is 15.3. The van der Waals surface area contributed by atoms with Gasteiger partial charge in [-0.3, -0.25) is 0 Å². The number of halogens is 1. The number of hydrogen-bond donors (Lipinski definition) is 1. The Bertz CT molecular complexity index is 882. The third-order valence-corrected chi connectivity index (χ3v) is 5.14. The van der Waals surface area contributed by atoms with Gasteiger partial charge in [0.05, 0.1) is 11.5 Å². The van der Waals surface area contributed by atoms with E-state index in [1.54, 1.807) is 4.90 Å². The molecule has 0 spiro atoms. The van der Waals surface area contributed by atoms with Crippen molar-refractivity contribution < 1.29 is 4.79 Å². The second kappa shape index (κ2) is 7.01. The summed E-state index contributed by atoms with van der Waals surface area (Å²) in [4.78, 5) is 13.9. The number of aryl methyl sites for hydroxylation is 1. The number of hydrogen-bond acceptors (Lipinski definition) is 2. The molecule has 0 aliphatic carbocycles. The van der Waals surface area contributed by atoms with Crippen molar-refractivity contribution in [2.75, 3.05) is 11.9 Å². The first-order chi connectivity index (χ1) is 12.3. The molecule has 0 aromatic heterocycles. The quantitative estimate of drug-likeness (QED) is 0.822. The average molecular weight is 368 g/mol. The molecule has 1 aliphatic heterocycles. The zero-order valence-corrected chi connectivity index (χ0v) is 16.0. The van der Waals surface area contributed by atoms with Gasteiger partial charge in [-0.1, -0.05) is 29.8 Å². The number of nitrogens with one attached hydrogen (secondary N) is 1. The van der Waals surface area contributed by atoms with Crippen LogP contribution in [0.25, 0.3) is 0 Å². The smallest absolute Gasteiger partial charge is 0.320 e. The molecule has 0 radical (unpaired) electrons. The Hall–Kier alpha value is -2.51. The molecule has 0 fully saturated rings. The van der Waals surface area contributed by atoms with Gasteiger partial charge in [-0.15, -0.1) is 0 Å². The van der Waals surface area contributed by atoms with E-state index in [1.165, 1.54) is 0 Å². The lowest BCUT2D eigenvalue weighted by Crippen LogP contribution is -2.38. The molecule has 1 N–H and O–H groups in total. The van der Waals surface area contributed by atoms with Crippen LogP contribution in [0.4, 0.5) is 10.5 Å². The van der Waals surface area contributed by atoms with E-state index in [0.717, 1.165) is 27.9 Å². The van der Waals surface area contributed by atoms with Gasteiger partial charge in [0.15, 0.2) is 0 Å². The van der Waals surface area contributed by atoms with Crippen molar-refractivity contribution in [3.8, 4) is 6.07 Å². The van der Waals surface area contributed by atoms with Crippen molar-refractivity contribution in [2.24, 2.45) is 0 Å². The Morgan fingerprint density at radius 2 is 2.08 bits per heavy atom. The standard InChI is InChI=1S/C21H22ClN3O/c1-4-25-12-16-5-6-17(10-19(16)24-20(25)26)21(3,13-23)11-15-7-14(2)8-18(22)9-15/h5-10H,4,11-12H2,1-3H3,(H,24,26). The highest BCUT2D eigenvalue weighted by Gasteiger charge is 2.29. The van der Waals surface area contributed by atoms with Gasteiger partial charge in [0.25, 0.3) is 0 Å². The number of amides is 2. The summed E-state index contributed by atoms with van der Waals surface area (Å²) in [7, 11) is 0. The Labute approximate surface area is 159 Å². The summed E-state index contributed by atoms with van der Waals surface area (Å²) in [5.41, 5.74) is 4.14. The molecule has 5 heteroatoms. The fourth-order valence-electron chi connectivity index (χ4n) is 3.43. The number of anilines is 1. The van der Waals surface area contributed by atoms with Crippen LogP contribution in [0.1, 0.15) is 36.1 Å². The number of carbonyl (C=O) groups is 1. The van der Waals surface area contributed by atoms with Gasteiger partial charge in [-0.2, -0.15) is 5.26 Å². The third-order valence-electron chi connectivity index (χ3n) is 4.93. The van der Waals surface area contributed by atoms with Crippen molar-refractivity contribution in [2.45, 2.75) is 39.2 Å². The number of rotatable bonds is 4. The fourth-order valence-corrected chi connectivity index (χ4v) is 3.74. The van der Waals surface area contributed by atoms with E-state index in [2.05, 4.69) is 17.5 Å². The molecule has 1 unspecified atom stereocenters. The minimum absolute atomic E-state index is 0.0960. The van der Waals surface area contributed by atoms with Crippen LogP contribution in [0.15, 0.2) is 36.4 Å². The van der Waals surface area contributed by atoms with E-state index < -0.39 is 5.41 Å². The summed E-state index contributed by atoms with van der Waals surface area (Å²) in [6, 6.07) is 14.2. The van der Waals surface area contributed by atoms with Crippen LogP contribution in [0.5, 0.6) is 0 Å². The molecule has 2 aromatic carbocycles. The average Bonchev–Trinajstić information content (AvgIpc) is 2.59. The maximum Gasteiger partial charge on any atom is 0.322 e. The number of fused-ring (bicyclic) bond motifs is 1. The van der Waals surface area contributed by atoms with Gasteiger partial charge < -0.3 is 10.2 Å². The zero-order chi connectivity index (χ0) is 18.9. The molecular weight excluding hydrogens is 346 g/mol. The van der Waals surface area contributed by atoms with Gasteiger partial charge in [-0.25, -0.2) is 4.79 Å². The number of carbonyl (C=O) groups excluding carboxylic acids is 1. The molecule has 1 atom stereocenters. The van der Waals surface area contributed by atoms with Gasteiger partial charge in [0.2, 0.25) is 0 Å². The van der Waals surface area contributed by atoms with Crippen LogP contribution in [0.3, 0.4) is 0 Å². The largest absolute Gasteiger partial charge is 0.322 e. The van der Waals surface area contributed by atoms with Gasteiger partial charge >= 0.3 is 6.03 Å². The second-order valence-corrected chi connectivity index (χ2v) is 7.51. The van der Waals surface area contributed by atoms with E-state index in [-0.39, 0.29) is 6.03 Å². The SMILES string of the molecule is CCN1Cc2ccc(C(C)(C#N)Cc3cc(C)cc(Cl)c3)cc2NC1=O. The van der Waals surface area contributed by atoms with E-state index in [9.17, 15) is 10.1 Å². The molecule has 2 amide bonds. The Morgan fingerprint density at radius 3 is 2.73 bits per heavy atom. The predicted octanol–water partition coefficient (Wildman–Crippen LogP) is 5.04. The molecule has 0 bridgehead atoms. The molecule has 134 valence electrons. The minimum Gasteiger partial charge on any atom is -0.320 e. The number of nitriles is 1. The molecule has 26 heavy (non-hydrogen) atoms. The minimum atomic E-state index is -0.710. The topological polar surface area (TPSA) is 56.1 Å². The maximum atomic E-state index is 12.1. The van der Waals surface area contributed by atoms with E-state index in [1.807, 2.05) is 51.1 Å². The van der Waals surface area contributed by atoms with Crippen molar-refractivity contribution in [3.05, 3.63) is 63.7 Å². The van der Waals surface area contributed by atoms with Crippen LogP contribution >= 0.6 is 11.6 Å². The van der Waals surface area contributed by atoms with Crippen LogP contribution in [-0.2, 0) is 18.4 Å². The van der Waals surface area contributed by atoms with Crippen LogP contribution < -0.4 is 5.32 Å². The van der Waals surface area contributed by atoms with Crippen molar-refractivity contribution in [3.63, 3.8) is 0 Å². The molecular formula is C21H22ClN3O. The summed E-state index contributed by atoms with van der Waals surface area (Å²) in [6.45, 7) is 7.13. The first-order valence-corrected chi connectivity index (χ1v) is 9.09. The lowest BCUT2D eigenvalue weighted by Gasteiger charge is -2.30. The molecule has 3 rings (SSSR count).